The fraction of sp³-hybridized carbons (Fsp3) is 0.429. The van der Waals surface area contributed by atoms with Crippen LogP contribution in [0.15, 0.2) is 24.5 Å². The topological polar surface area (TPSA) is 60.0 Å². The molecule has 0 saturated heterocycles. The lowest BCUT2D eigenvalue weighted by atomic mass is 10.1. The van der Waals surface area contributed by atoms with Crippen molar-refractivity contribution in [2.45, 2.75) is 32.9 Å². The monoisotopic (exact) mass is 257 g/mol. The first-order valence-corrected chi connectivity index (χ1v) is 6.78. The summed E-state index contributed by atoms with van der Waals surface area (Å²) < 4.78 is 1.99. The molecule has 5 heteroatoms. The fourth-order valence-electron chi connectivity index (χ4n) is 2.61. The third kappa shape index (κ3) is 2.28. The van der Waals surface area contributed by atoms with Crippen LogP contribution in [0.2, 0.25) is 0 Å². The van der Waals surface area contributed by atoms with E-state index in [4.69, 9.17) is 5.73 Å². The molecule has 3 rings (SSSR count). The molecular weight excluding hydrogens is 238 g/mol. The number of rotatable bonds is 4. The molecule has 0 atom stereocenters. The minimum Gasteiger partial charge on any atom is -0.399 e. The van der Waals surface area contributed by atoms with Gasteiger partial charge in [0.25, 0.3) is 0 Å². The summed E-state index contributed by atoms with van der Waals surface area (Å²) in [6.07, 6.45) is 3.79. The van der Waals surface area contributed by atoms with Gasteiger partial charge in [-0.3, -0.25) is 0 Å². The van der Waals surface area contributed by atoms with Gasteiger partial charge in [0, 0.05) is 24.5 Å². The Morgan fingerprint density at radius 1 is 1.37 bits per heavy atom. The Hall–Kier alpha value is -2.04. The summed E-state index contributed by atoms with van der Waals surface area (Å²) >= 11 is 0. The highest BCUT2D eigenvalue weighted by Crippen LogP contribution is 2.30. The molecule has 2 heterocycles. The van der Waals surface area contributed by atoms with Crippen molar-refractivity contribution in [3.63, 3.8) is 0 Å². The number of nitrogens with zero attached hydrogens (tertiary/aromatic N) is 4. The van der Waals surface area contributed by atoms with Crippen molar-refractivity contribution in [1.29, 1.82) is 0 Å². The average Bonchev–Trinajstić information content (AvgIpc) is 2.99. The van der Waals surface area contributed by atoms with E-state index in [1.807, 2.05) is 10.7 Å². The zero-order valence-corrected chi connectivity index (χ0v) is 11.2. The summed E-state index contributed by atoms with van der Waals surface area (Å²) in [5.74, 6) is 1.03. The summed E-state index contributed by atoms with van der Waals surface area (Å²) in [6, 6.07) is 6.16. The van der Waals surface area contributed by atoms with E-state index >= 15 is 0 Å². The maximum absolute atomic E-state index is 5.88. The second-order valence-electron chi connectivity index (χ2n) is 4.96. The number of fused-ring (bicyclic) bond motifs is 1. The van der Waals surface area contributed by atoms with Gasteiger partial charge in [-0.25, -0.2) is 9.67 Å². The molecule has 2 aromatic rings. The van der Waals surface area contributed by atoms with E-state index in [1.54, 1.807) is 6.33 Å². The summed E-state index contributed by atoms with van der Waals surface area (Å²) in [5, 5.41) is 4.28. The SMILES string of the molecule is CCCn1ncnc1CN1CCc2ccc(N)cc21. The Labute approximate surface area is 113 Å². The standard InChI is InChI=1S/C14H19N5/c1-2-6-19-14(16-10-17-19)9-18-7-5-11-3-4-12(15)8-13(11)18/h3-4,8,10H,2,5-7,9,15H2,1H3. The van der Waals surface area contributed by atoms with Gasteiger partial charge in [-0.2, -0.15) is 5.10 Å². The molecule has 1 aliphatic rings. The number of hydrogen-bond acceptors (Lipinski definition) is 4. The van der Waals surface area contributed by atoms with Crippen LogP contribution in [0, 0.1) is 0 Å². The van der Waals surface area contributed by atoms with Gasteiger partial charge in [-0.1, -0.05) is 13.0 Å². The van der Waals surface area contributed by atoms with Crippen LogP contribution in [0.1, 0.15) is 24.7 Å². The Morgan fingerprint density at radius 3 is 3.11 bits per heavy atom. The minimum atomic E-state index is 0.802. The summed E-state index contributed by atoms with van der Waals surface area (Å²) in [6.45, 7) is 4.90. The van der Waals surface area contributed by atoms with Gasteiger partial charge >= 0.3 is 0 Å². The van der Waals surface area contributed by atoms with Gasteiger partial charge in [0.2, 0.25) is 0 Å². The number of hydrogen-bond donors (Lipinski definition) is 1. The maximum Gasteiger partial charge on any atom is 0.146 e. The summed E-state index contributed by atoms with van der Waals surface area (Å²) in [7, 11) is 0. The second-order valence-corrected chi connectivity index (χ2v) is 4.96. The normalized spacial score (nSPS) is 13.8. The number of anilines is 2. The first-order chi connectivity index (χ1) is 9.28. The first kappa shape index (κ1) is 12.0. The fourth-order valence-corrected chi connectivity index (χ4v) is 2.61. The highest BCUT2D eigenvalue weighted by atomic mass is 15.3. The van der Waals surface area contributed by atoms with Crippen LogP contribution in [0.4, 0.5) is 11.4 Å². The zero-order chi connectivity index (χ0) is 13.2. The lowest BCUT2D eigenvalue weighted by Gasteiger charge is -2.19. The maximum atomic E-state index is 5.88. The number of aryl methyl sites for hydroxylation is 1. The van der Waals surface area contributed by atoms with Gasteiger partial charge in [0.1, 0.15) is 12.2 Å². The van der Waals surface area contributed by atoms with E-state index in [9.17, 15) is 0 Å². The first-order valence-electron chi connectivity index (χ1n) is 6.78. The van der Waals surface area contributed by atoms with Crippen molar-refractivity contribution < 1.29 is 0 Å². The predicted molar refractivity (Wildman–Crippen MR) is 75.9 cm³/mol. The number of nitrogens with two attached hydrogens (primary N) is 1. The van der Waals surface area contributed by atoms with E-state index in [0.717, 1.165) is 44.0 Å². The van der Waals surface area contributed by atoms with Gasteiger partial charge in [0.15, 0.2) is 0 Å². The molecule has 19 heavy (non-hydrogen) atoms. The zero-order valence-electron chi connectivity index (χ0n) is 11.2. The molecule has 0 radical (unpaired) electrons. The molecule has 2 N–H and O–H groups in total. The third-order valence-electron chi connectivity index (χ3n) is 3.56. The van der Waals surface area contributed by atoms with Crippen molar-refractivity contribution in [1.82, 2.24) is 14.8 Å². The van der Waals surface area contributed by atoms with Gasteiger partial charge in [0.05, 0.1) is 6.54 Å². The molecule has 1 aromatic carbocycles. The van der Waals surface area contributed by atoms with Crippen LogP contribution < -0.4 is 10.6 Å². The molecule has 1 aliphatic heterocycles. The molecule has 0 unspecified atom stereocenters. The van der Waals surface area contributed by atoms with E-state index in [-0.39, 0.29) is 0 Å². The predicted octanol–water partition coefficient (Wildman–Crippen LogP) is 1.83. The third-order valence-corrected chi connectivity index (χ3v) is 3.56. The van der Waals surface area contributed by atoms with E-state index in [2.05, 4.69) is 34.0 Å². The van der Waals surface area contributed by atoms with Crippen molar-refractivity contribution in [2.75, 3.05) is 17.2 Å². The molecule has 0 bridgehead atoms. The molecule has 0 fully saturated rings. The van der Waals surface area contributed by atoms with Gasteiger partial charge in [-0.15, -0.1) is 0 Å². The van der Waals surface area contributed by atoms with Gasteiger partial charge in [-0.05, 0) is 30.5 Å². The molecule has 100 valence electrons. The highest BCUT2D eigenvalue weighted by Gasteiger charge is 2.20. The van der Waals surface area contributed by atoms with Crippen LogP contribution in [-0.4, -0.2) is 21.3 Å². The second kappa shape index (κ2) is 4.91. The minimum absolute atomic E-state index is 0.802. The summed E-state index contributed by atoms with van der Waals surface area (Å²) in [5.41, 5.74) is 9.32. The van der Waals surface area contributed by atoms with Crippen molar-refractivity contribution in [3.8, 4) is 0 Å². The molecule has 1 aromatic heterocycles. The van der Waals surface area contributed by atoms with E-state index in [1.165, 1.54) is 11.3 Å². The van der Waals surface area contributed by atoms with Crippen LogP contribution in [-0.2, 0) is 19.5 Å². The quantitative estimate of drug-likeness (QED) is 0.849. The molecule has 0 spiro atoms. The molecule has 0 amide bonds. The lowest BCUT2D eigenvalue weighted by Crippen LogP contribution is -2.22. The molecule has 0 saturated carbocycles. The molecule has 5 nitrogen and oxygen atoms in total. The van der Waals surface area contributed by atoms with Crippen molar-refractivity contribution in [3.05, 3.63) is 35.9 Å². The Kier molecular flexibility index (Phi) is 3.11. The van der Waals surface area contributed by atoms with Crippen molar-refractivity contribution in [2.24, 2.45) is 0 Å². The number of nitrogen functional groups attached to an aromatic ring is 1. The molecular formula is C14H19N5. The largest absolute Gasteiger partial charge is 0.399 e. The Morgan fingerprint density at radius 2 is 2.26 bits per heavy atom. The number of aromatic nitrogens is 3. The highest BCUT2D eigenvalue weighted by molar-refractivity contribution is 5.64. The summed E-state index contributed by atoms with van der Waals surface area (Å²) in [4.78, 5) is 6.71. The van der Waals surface area contributed by atoms with E-state index in [0.29, 0.717) is 0 Å². The van der Waals surface area contributed by atoms with Crippen molar-refractivity contribution >= 4 is 11.4 Å². The smallest absolute Gasteiger partial charge is 0.146 e. The average molecular weight is 257 g/mol. The Balaban J connectivity index is 1.82. The number of benzene rings is 1. The van der Waals surface area contributed by atoms with Crippen LogP contribution >= 0.6 is 0 Å². The van der Waals surface area contributed by atoms with Crippen LogP contribution in [0.5, 0.6) is 0 Å². The molecule has 0 aliphatic carbocycles. The van der Waals surface area contributed by atoms with Crippen LogP contribution in [0.25, 0.3) is 0 Å². The van der Waals surface area contributed by atoms with Gasteiger partial charge < -0.3 is 10.6 Å². The van der Waals surface area contributed by atoms with E-state index < -0.39 is 0 Å². The van der Waals surface area contributed by atoms with Crippen LogP contribution in [0.3, 0.4) is 0 Å². The Bertz CT molecular complexity index is 575. The lowest BCUT2D eigenvalue weighted by molar-refractivity contribution is 0.563.